The average molecular weight is 362 g/mol. The Morgan fingerprint density at radius 1 is 1.43 bits per heavy atom. The fraction of sp³-hybridized carbons (Fsp3) is 0.429. The van der Waals surface area contributed by atoms with Gasteiger partial charge in [-0.15, -0.1) is 0 Å². The largest absolute Gasteiger partial charge is 0.467 e. The standard InChI is InChI=1S/C14H17BrFNO4/c1-4-21-8-12(14(19)20-3)17(2)13(18)10-6-5-9(15)7-11(10)16/h5-7,12H,4,8H2,1-3H3/t12-/m0/s1. The molecule has 1 amide bonds. The van der Waals surface area contributed by atoms with Gasteiger partial charge in [-0.25, -0.2) is 9.18 Å². The van der Waals surface area contributed by atoms with Crippen molar-refractivity contribution in [3.63, 3.8) is 0 Å². The molecule has 0 spiro atoms. The second-order valence-electron chi connectivity index (χ2n) is 4.24. The molecule has 0 aromatic heterocycles. The van der Waals surface area contributed by atoms with Gasteiger partial charge in [-0.2, -0.15) is 0 Å². The highest BCUT2D eigenvalue weighted by Gasteiger charge is 2.29. The van der Waals surface area contributed by atoms with Gasteiger partial charge in [0.05, 0.1) is 19.3 Å². The molecule has 0 aliphatic heterocycles. The molecule has 0 unspecified atom stereocenters. The Balaban J connectivity index is 2.98. The normalized spacial score (nSPS) is 11.9. The van der Waals surface area contributed by atoms with E-state index in [1.807, 2.05) is 0 Å². The quantitative estimate of drug-likeness (QED) is 0.729. The highest BCUT2D eigenvalue weighted by Crippen LogP contribution is 2.17. The van der Waals surface area contributed by atoms with Gasteiger partial charge in [-0.1, -0.05) is 15.9 Å². The van der Waals surface area contributed by atoms with Crippen LogP contribution in [0.4, 0.5) is 4.39 Å². The minimum absolute atomic E-state index is 0.0104. The zero-order valence-corrected chi connectivity index (χ0v) is 13.6. The van der Waals surface area contributed by atoms with Gasteiger partial charge in [0.25, 0.3) is 5.91 Å². The second kappa shape index (κ2) is 8.09. The summed E-state index contributed by atoms with van der Waals surface area (Å²) in [6, 6.07) is 3.18. The molecular formula is C14H17BrFNO4. The molecule has 0 aliphatic rings. The third-order valence-electron chi connectivity index (χ3n) is 2.90. The Labute approximate surface area is 131 Å². The first-order chi connectivity index (χ1) is 9.92. The van der Waals surface area contributed by atoms with Crippen molar-refractivity contribution in [3.8, 4) is 0 Å². The van der Waals surface area contributed by atoms with E-state index in [0.29, 0.717) is 11.1 Å². The van der Waals surface area contributed by atoms with Gasteiger partial charge in [-0.3, -0.25) is 4.79 Å². The molecule has 0 fully saturated rings. The van der Waals surface area contributed by atoms with E-state index in [4.69, 9.17) is 4.74 Å². The number of nitrogens with zero attached hydrogens (tertiary/aromatic N) is 1. The lowest BCUT2D eigenvalue weighted by Gasteiger charge is -2.26. The number of esters is 1. The monoisotopic (exact) mass is 361 g/mol. The van der Waals surface area contributed by atoms with Crippen molar-refractivity contribution in [3.05, 3.63) is 34.1 Å². The molecule has 0 saturated carbocycles. The summed E-state index contributed by atoms with van der Waals surface area (Å²) < 4.78 is 24.2. The number of hydrogen-bond acceptors (Lipinski definition) is 4. The van der Waals surface area contributed by atoms with Gasteiger partial charge in [0.1, 0.15) is 5.82 Å². The van der Waals surface area contributed by atoms with Crippen molar-refractivity contribution >= 4 is 27.8 Å². The van der Waals surface area contributed by atoms with Crippen LogP contribution in [0.1, 0.15) is 17.3 Å². The number of carbonyl (C=O) groups excluding carboxylic acids is 2. The fourth-order valence-corrected chi connectivity index (χ4v) is 2.03. The van der Waals surface area contributed by atoms with E-state index in [0.717, 1.165) is 4.90 Å². The summed E-state index contributed by atoms with van der Waals surface area (Å²) in [6.07, 6.45) is 0. The zero-order valence-electron chi connectivity index (χ0n) is 12.1. The van der Waals surface area contributed by atoms with Gasteiger partial charge in [-0.05, 0) is 25.1 Å². The molecule has 0 saturated heterocycles. The van der Waals surface area contributed by atoms with Crippen LogP contribution in [0, 0.1) is 5.82 Å². The lowest BCUT2D eigenvalue weighted by atomic mass is 10.1. The molecule has 0 heterocycles. The summed E-state index contributed by atoms with van der Waals surface area (Å²) in [5.41, 5.74) is -0.119. The van der Waals surface area contributed by atoms with Crippen LogP contribution in [0.25, 0.3) is 0 Å². The van der Waals surface area contributed by atoms with E-state index < -0.39 is 23.7 Å². The van der Waals surface area contributed by atoms with E-state index in [9.17, 15) is 14.0 Å². The lowest BCUT2D eigenvalue weighted by Crippen LogP contribution is -2.46. The molecule has 1 aromatic rings. The first kappa shape index (κ1) is 17.6. The summed E-state index contributed by atoms with van der Waals surface area (Å²) in [4.78, 5) is 25.2. The van der Waals surface area contributed by atoms with E-state index in [-0.39, 0.29) is 12.2 Å². The topological polar surface area (TPSA) is 55.8 Å². The van der Waals surface area contributed by atoms with Crippen LogP contribution in [0.15, 0.2) is 22.7 Å². The lowest BCUT2D eigenvalue weighted by molar-refractivity contribution is -0.147. The molecule has 7 heteroatoms. The van der Waals surface area contributed by atoms with Crippen LogP contribution in [0.2, 0.25) is 0 Å². The van der Waals surface area contributed by atoms with Crippen LogP contribution >= 0.6 is 15.9 Å². The molecule has 0 radical (unpaired) electrons. The van der Waals surface area contributed by atoms with Crippen molar-refractivity contribution in [2.75, 3.05) is 27.4 Å². The predicted molar refractivity (Wildman–Crippen MR) is 78.5 cm³/mol. The van der Waals surface area contributed by atoms with Crippen molar-refractivity contribution in [1.82, 2.24) is 4.90 Å². The van der Waals surface area contributed by atoms with Crippen molar-refractivity contribution in [2.45, 2.75) is 13.0 Å². The summed E-state index contributed by atoms with van der Waals surface area (Å²) in [5.74, 6) is -1.90. The van der Waals surface area contributed by atoms with Crippen molar-refractivity contribution < 1.29 is 23.5 Å². The molecule has 1 rings (SSSR count). The van der Waals surface area contributed by atoms with Crippen LogP contribution in [0.3, 0.4) is 0 Å². The van der Waals surface area contributed by atoms with Crippen LogP contribution in [0.5, 0.6) is 0 Å². The van der Waals surface area contributed by atoms with E-state index >= 15 is 0 Å². The minimum Gasteiger partial charge on any atom is -0.467 e. The number of carbonyl (C=O) groups is 2. The van der Waals surface area contributed by atoms with Gasteiger partial charge < -0.3 is 14.4 Å². The zero-order chi connectivity index (χ0) is 16.0. The number of likely N-dealkylation sites (N-methyl/N-ethyl adjacent to an activating group) is 1. The van der Waals surface area contributed by atoms with E-state index in [1.54, 1.807) is 13.0 Å². The van der Waals surface area contributed by atoms with Gasteiger partial charge in [0, 0.05) is 18.1 Å². The number of hydrogen-bond donors (Lipinski definition) is 0. The van der Waals surface area contributed by atoms with Crippen LogP contribution in [-0.4, -0.2) is 50.2 Å². The SMILES string of the molecule is CCOC[C@@H](C(=O)OC)N(C)C(=O)c1ccc(Br)cc1F. The van der Waals surface area contributed by atoms with Crippen molar-refractivity contribution in [1.29, 1.82) is 0 Å². The molecular weight excluding hydrogens is 345 g/mol. The maximum absolute atomic E-state index is 13.8. The maximum Gasteiger partial charge on any atom is 0.331 e. The highest BCUT2D eigenvalue weighted by atomic mass is 79.9. The molecule has 0 N–H and O–H groups in total. The van der Waals surface area contributed by atoms with E-state index in [1.165, 1.54) is 26.3 Å². The number of methoxy groups -OCH3 is 1. The Bertz CT molecular complexity index is 524. The summed E-state index contributed by atoms with van der Waals surface area (Å²) in [7, 11) is 2.63. The Hall–Kier alpha value is -1.47. The number of ether oxygens (including phenoxy) is 2. The highest BCUT2D eigenvalue weighted by molar-refractivity contribution is 9.10. The summed E-state index contributed by atoms with van der Waals surface area (Å²) in [6.45, 7) is 2.15. The van der Waals surface area contributed by atoms with Gasteiger partial charge in [0.15, 0.2) is 6.04 Å². The molecule has 1 aromatic carbocycles. The first-order valence-corrected chi connectivity index (χ1v) is 7.09. The van der Waals surface area contributed by atoms with Gasteiger partial charge >= 0.3 is 5.97 Å². The molecule has 116 valence electrons. The number of halogens is 2. The third kappa shape index (κ3) is 4.50. The molecule has 21 heavy (non-hydrogen) atoms. The molecule has 0 aliphatic carbocycles. The van der Waals surface area contributed by atoms with Gasteiger partial charge in [0.2, 0.25) is 0 Å². The van der Waals surface area contributed by atoms with Crippen LogP contribution in [-0.2, 0) is 14.3 Å². The Kier molecular flexibility index (Phi) is 6.77. The van der Waals surface area contributed by atoms with Crippen molar-refractivity contribution in [2.24, 2.45) is 0 Å². The number of benzene rings is 1. The smallest absolute Gasteiger partial charge is 0.331 e. The third-order valence-corrected chi connectivity index (χ3v) is 3.40. The molecule has 0 bridgehead atoms. The number of rotatable bonds is 6. The summed E-state index contributed by atoms with van der Waals surface area (Å²) >= 11 is 3.12. The second-order valence-corrected chi connectivity index (χ2v) is 5.15. The Morgan fingerprint density at radius 3 is 2.62 bits per heavy atom. The Morgan fingerprint density at radius 2 is 2.10 bits per heavy atom. The fourth-order valence-electron chi connectivity index (χ4n) is 1.70. The first-order valence-electron chi connectivity index (χ1n) is 6.30. The average Bonchev–Trinajstić information content (AvgIpc) is 2.46. The van der Waals surface area contributed by atoms with E-state index in [2.05, 4.69) is 20.7 Å². The summed E-state index contributed by atoms with van der Waals surface area (Å²) in [5, 5.41) is 0. The van der Waals surface area contributed by atoms with Crippen LogP contribution < -0.4 is 0 Å². The molecule has 1 atom stereocenters. The predicted octanol–water partition coefficient (Wildman–Crippen LogP) is 2.24. The molecule has 5 nitrogen and oxygen atoms in total. The maximum atomic E-state index is 13.8. The minimum atomic E-state index is -0.925. The number of amides is 1.